The standard InChI is InChI=1S/C16H22N2O2/c1-10(2)12-7-5-6-8-13(12)17-14-9-15(19)18(11(3)4)16(14)20/h5-8,10-11,14,17H,9H2,1-4H3. The summed E-state index contributed by atoms with van der Waals surface area (Å²) in [5.41, 5.74) is 2.11. The maximum atomic E-state index is 12.3. The Morgan fingerprint density at radius 3 is 2.35 bits per heavy atom. The van der Waals surface area contributed by atoms with Gasteiger partial charge in [-0.25, -0.2) is 0 Å². The third-order valence-electron chi connectivity index (χ3n) is 3.61. The van der Waals surface area contributed by atoms with Crippen LogP contribution in [0.25, 0.3) is 0 Å². The summed E-state index contributed by atoms with van der Waals surface area (Å²) >= 11 is 0. The van der Waals surface area contributed by atoms with Crippen molar-refractivity contribution in [3.63, 3.8) is 0 Å². The van der Waals surface area contributed by atoms with Crippen LogP contribution in [0.4, 0.5) is 5.69 Å². The Morgan fingerprint density at radius 2 is 1.80 bits per heavy atom. The summed E-state index contributed by atoms with van der Waals surface area (Å²) in [4.78, 5) is 25.6. The number of nitrogens with one attached hydrogen (secondary N) is 1. The molecule has 1 unspecified atom stereocenters. The van der Waals surface area contributed by atoms with Crippen LogP contribution in [0.3, 0.4) is 0 Å². The van der Waals surface area contributed by atoms with Crippen molar-refractivity contribution in [3.8, 4) is 0 Å². The summed E-state index contributed by atoms with van der Waals surface area (Å²) in [5, 5.41) is 3.24. The lowest BCUT2D eigenvalue weighted by molar-refractivity contribution is -0.140. The molecule has 2 amide bonds. The van der Waals surface area contributed by atoms with E-state index >= 15 is 0 Å². The van der Waals surface area contributed by atoms with Gasteiger partial charge in [0.2, 0.25) is 5.91 Å². The van der Waals surface area contributed by atoms with Gasteiger partial charge in [0.15, 0.2) is 0 Å². The van der Waals surface area contributed by atoms with Crippen LogP contribution in [-0.4, -0.2) is 28.8 Å². The molecule has 1 fully saturated rings. The van der Waals surface area contributed by atoms with Crippen molar-refractivity contribution < 1.29 is 9.59 Å². The molecule has 2 rings (SSSR count). The number of rotatable bonds is 4. The third kappa shape index (κ3) is 2.69. The highest BCUT2D eigenvalue weighted by Gasteiger charge is 2.40. The van der Waals surface area contributed by atoms with Crippen molar-refractivity contribution in [1.82, 2.24) is 4.90 Å². The second kappa shape index (κ2) is 5.65. The molecule has 0 aromatic heterocycles. The zero-order valence-corrected chi connectivity index (χ0v) is 12.5. The van der Waals surface area contributed by atoms with Crippen LogP contribution in [0, 0.1) is 0 Å². The number of carbonyl (C=O) groups excluding carboxylic acids is 2. The minimum absolute atomic E-state index is 0.0813. The molecule has 20 heavy (non-hydrogen) atoms. The summed E-state index contributed by atoms with van der Waals surface area (Å²) < 4.78 is 0. The van der Waals surface area contributed by atoms with Gasteiger partial charge in [-0.2, -0.15) is 0 Å². The molecule has 0 bridgehead atoms. The normalized spacial score (nSPS) is 19.3. The van der Waals surface area contributed by atoms with E-state index in [1.807, 2.05) is 32.0 Å². The summed E-state index contributed by atoms with van der Waals surface area (Å²) in [6.07, 6.45) is 0.240. The fourth-order valence-electron chi connectivity index (χ4n) is 2.63. The summed E-state index contributed by atoms with van der Waals surface area (Å²) in [5.74, 6) is 0.153. The van der Waals surface area contributed by atoms with E-state index in [0.29, 0.717) is 5.92 Å². The average molecular weight is 274 g/mol. The van der Waals surface area contributed by atoms with Gasteiger partial charge >= 0.3 is 0 Å². The number of imide groups is 1. The molecule has 1 aromatic rings. The van der Waals surface area contributed by atoms with Crippen LogP contribution in [-0.2, 0) is 9.59 Å². The van der Waals surface area contributed by atoms with Gasteiger partial charge in [0.1, 0.15) is 6.04 Å². The highest BCUT2D eigenvalue weighted by atomic mass is 16.2. The molecule has 0 aliphatic carbocycles. The molecule has 1 heterocycles. The Balaban J connectivity index is 2.20. The number of anilines is 1. The van der Waals surface area contributed by atoms with Crippen LogP contribution < -0.4 is 5.32 Å². The van der Waals surface area contributed by atoms with Gasteiger partial charge in [-0.15, -0.1) is 0 Å². The van der Waals surface area contributed by atoms with E-state index in [-0.39, 0.29) is 24.3 Å². The summed E-state index contributed by atoms with van der Waals surface area (Å²) in [7, 11) is 0. The van der Waals surface area contributed by atoms with E-state index in [9.17, 15) is 9.59 Å². The van der Waals surface area contributed by atoms with E-state index in [1.165, 1.54) is 4.90 Å². The molecule has 1 atom stereocenters. The molecular formula is C16H22N2O2. The molecule has 108 valence electrons. The molecule has 4 heteroatoms. The van der Waals surface area contributed by atoms with Crippen LogP contribution in [0.5, 0.6) is 0 Å². The number of amides is 2. The molecule has 1 N–H and O–H groups in total. The van der Waals surface area contributed by atoms with Gasteiger partial charge in [-0.05, 0) is 31.4 Å². The topological polar surface area (TPSA) is 49.4 Å². The van der Waals surface area contributed by atoms with Crippen LogP contribution in [0.2, 0.25) is 0 Å². The van der Waals surface area contributed by atoms with Crippen LogP contribution >= 0.6 is 0 Å². The smallest absolute Gasteiger partial charge is 0.252 e. The maximum absolute atomic E-state index is 12.3. The number of likely N-dealkylation sites (tertiary alicyclic amines) is 1. The Hall–Kier alpha value is -1.84. The third-order valence-corrected chi connectivity index (χ3v) is 3.61. The van der Waals surface area contributed by atoms with E-state index in [4.69, 9.17) is 0 Å². The van der Waals surface area contributed by atoms with Crippen molar-refractivity contribution in [2.45, 2.75) is 52.1 Å². The molecule has 1 aliphatic rings. The van der Waals surface area contributed by atoms with Crippen molar-refractivity contribution in [3.05, 3.63) is 29.8 Å². The second-order valence-corrected chi connectivity index (χ2v) is 5.84. The predicted molar refractivity (Wildman–Crippen MR) is 79.5 cm³/mol. The largest absolute Gasteiger partial charge is 0.373 e. The summed E-state index contributed by atoms with van der Waals surface area (Å²) in [6, 6.07) is 7.42. The minimum Gasteiger partial charge on any atom is -0.373 e. The monoisotopic (exact) mass is 274 g/mol. The summed E-state index contributed by atoms with van der Waals surface area (Å²) in [6.45, 7) is 7.95. The molecule has 0 spiro atoms. The molecule has 1 aliphatic heterocycles. The minimum atomic E-state index is -0.440. The quantitative estimate of drug-likeness (QED) is 0.859. The number of carbonyl (C=O) groups is 2. The number of nitrogens with zero attached hydrogens (tertiary/aromatic N) is 1. The Kier molecular flexibility index (Phi) is 4.12. The lowest BCUT2D eigenvalue weighted by Crippen LogP contribution is -2.39. The van der Waals surface area contributed by atoms with Crippen molar-refractivity contribution in [2.75, 3.05) is 5.32 Å². The van der Waals surface area contributed by atoms with Crippen molar-refractivity contribution in [2.24, 2.45) is 0 Å². The van der Waals surface area contributed by atoms with Crippen LogP contribution in [0.1, 0.15) is 45.6 Å². The lowest BCUT2D eigenvalue weighted by atomic mass is 10.0. The van der Waals surface area contributed by atoms with E-state index < -0.39 is 6.04 Å². The first-order valence-electron chi connectivity index (χ1n) is 7.13. The van der Waals surface area contributed by atoms with Crippen molar-refractivity contribution >= 4 is 17.5 Å². The number of benzene rings is 1. The van der Waals surface area contributed by atoms with Gasteiger partial charge in [-0.3, -0.25) is 14.5 Å². The maximum Gasteiger partial charge on any atom is 0.252 e. The van der Waals surface area contributed by atoms with E-state index in [2.05, 4.69) is 25.2 Å². The molecule has 0 radical (unpaired) electrons. The molecule has 4 nitrogen and oxygen atoms in total. The number of hydrogen-bond acceptors (Lipinski definition) is 3. The van der Waals surface area contributed by atoms with Gasteiger partial charge < -0.3 is 5.32 Å². The molecule has 1 aromatic carbocycles. The van der Waals surface area contributed by atoms with Crippen molar-refractivity contribution in [1.29, 1.82) is 0 Å². The first-order chi connectivity index (χ1) is 9.41. The first-order valence-corrected chi connectivity index (χ1v) is 7.13. The predicted octanol–water partition coefficient (Wildman–Crippen LogP) is 2.76. The molecule has 0 saturated carbocycles. The highest BCUT2D eigenvalue weighted by molar-refractivity contribution is 6.07. The first kappa shape index (κ1) is 14.6. The highest BCUT2D eigenvalue weighted by Crippen LogP contribution is 2.27. The van der Waals surface area contributed by atoms with Gasteiger partial charge in [-0.1, -0.05) is 32.0 Å². The zero-order chi connectivity index (χ0) is 14.9. The van der Waals surface area contributed by atoms with Crippen LogP contribution in [0.15, 0.2) is 24.3 Å². The Bertz CT molecular complexity index is 523. The van der Waals surface area contributed by atoms with Gasteiger partial charge in [0, 0.05) is 11.7 Å². The van der Waals surface area contributed by atoms with Gasteiger partial charge in [0.25, 0.3) is 5.91 Å². The lowest BCUT2D eigenvalue weighted by Gasteiger charge is -2.21. The second-order valence-electron chi connectivity index (χ2n) is 5.84. The molecule has 1 saturated heterocycles. The number of hydrogen-bond donors (Lipinski definition) is 1. The van der Waals surface area contributed by atoms with Gasteiger partial charge in [0.05, 0.1) is 6.42 Å². The molecular weight excluding hydrogens is 252 g/mol. The SMILES string of the molecule is CC(C)c1ccccc1NC1CC(=O)N(C(C)C)C1=O. The number of para-hydroxylation sites is 1. The Morgan fingerprint density at radius 1 is 1.15 bits per heavy atom. The fourth-order valence-corrected chi connectivity index (χ4v) is 2.63. The zero-order valence-electron chi connectivity index (χ0n) is 12.5. The fraction of sp³-hybridized carbons (Fsp3) is 0.500. The van der Waals surface area contributed by atoms with E-state index in [0.717, 1.165) is 11.3 Å². The average Bonchev–Trinajstić information content (AvgIpc) is 2.64. The Labute approximate surface area is 120 Å². The van der Waals surface area contributed by atoms with E-state index in [1.54, 1.807) is 0 Å².